The molecule has 1 heterocycles. The third-order valence-corrected chi connectivity index (χ3v) is 2.47. The normalized spacial score (nSPS) is 10.3. The first-order valence-electron chi connectivity index (χ1n) is 5.12. The Morgan fingerprint density at radius 1 is 1.00 bits per heavy atom. The van der Waals surface area contributed by atoms with Gasteiger partial charge in [-0.15, -0.1) is 0 Å². The first-order valence-corrected chi connectivity index (χ1v) is 5.12. The van der Waals surface area contributed by atoms with E-state index in [1.165, 1.54) is 0 Å². The van der Waals surface area contributed by atoms with E-state index in [-0.39, 0.29) is 11.1 Å². The van der Waals surface area contributed by atoms with Crippen LogP contribution in [0.3, 0.4) is 0 Å². The predicted molar refractivity (Wildman–Crippen MR) is 63.6 cm³/mol. The SMILES string of the molecule is O=C(c1cc(O)[nH]c(=O)c1)c1ccc(O)c(O)c1O. The topological polar surface area (TPSA) is 131 Å². The van der Waals surface area contributed by atoms with Gasteiger partial charge in [-0.2, -0.15) is 0 Å². The maximum absolute atomic E-state index is 12.0. The van der Waals surface area contributed by atoms with Crippen LogP contribution in [-0.2, 0) is 0 Å². The predicted octanol–water partition coefficient (Wildman–Crippen LogP) is 0.428. The Morgan fingerprint density at radius 2 is 1.68 bits per heavy atom. The van der Waals surface area contributed by atoms with Crippen molar-refractivity contribution < 1.29 is 25.2 Å². The van der Waals surface area contributed by atoms with E-state index in [9.17, 15) is 24.9 Å². The molecule has 5 N–H and O–H groups in total. The molecule has 0 fully saturated rings. The lowest BCUT2D eigenvalue weighted by Crippen LogP contribution is -2.10. The van der Waals surface area contributed by atoms with Gasteiger partial charge in [-0.05, 0) is 12.1 Å². The van der Waals surface area contributed by atoms with Crippen LogP contribution in [0.4, 0.5) is 0 Å². The number of benzene rings is 1. The van der Waals surface area contributed by atoms with E-state index in [0.29, 0.717) is 0 Å². The van der Waals surface area contributed by atoms with Crippen molar-refractivity contribution in [3.05, 3.63) is 45.7 Å². The number of nitrogens with one attached hydrogen (secondary N) is 1. The van der Waals surface area contributed by atoms with Crippen molar-refractivity contribution in [2.75, 3.05) is 0 Å². The number of carbonyl (C=O) groups is 1. The maximum atomic E-state index is 12.0. The lowest BCUT2D eigenvalue weighted by Gasteiger charge is -2.06. The first-order chi connectivity index (χ1) is 8.90. The summed E-state index contributed by atoms with van der Waals surface area (Å²) in [5.41, 5.74) is -1.16. The van der Waals surface area contributed by atoms with Gasteiger partial charge in [-0.3, -0.25) is 14.6 Å². The second-order valence-electron chi connectivity index (χ2n) is 3.78. The molecule has 1 aromatic heterocycles. The zero-order valence-corrected chi connectivity index (χ0v) is 9.41. The molecule has 0 radical (unpaired) electrons. The van der Waals surface area contributed by atoms with Crippen LogP contribution in [0.25, 0.3) is 0 Å². The van der Waals surface area contributed by atoms with Crippen LogP contribution >= 0.6 is 0 Å². The molecule has 0 amide bonds. The number of carbonyl (C=O) groups excluding carboxylic acids is 1. The average Bonchev–Trinajstić information content (AvgIpc) is 2.34. The van der Waals surface area contributed by atoms with Crippen molar-refractivity contribution in [2.24, 2.45) is 0 Å². The fourth-order valence-corrected chi connectivity index (χ4v) is 1.57. The summed E-state index contributed by atoms with van der Waals surface area (Å²) in [6, 6.07) is 4.05. The molecule has 0 unspecified atom stereocenters. The number of phenols is 3. The molecule has 19 heavy (non-hydrogen) atoms. The Balaban J connectivity index is 2.56. The molecule has 2 aromatic rings. The minimum absolute atomic E-state index is 0.165. The van der Waals surface area contributed by atoms with Gasteiger partial charge in [0.2, 0.25) is 5.75 Å². The number of H-pyrrole nitrogens is 1. The molecule has 0 atom stereocenters. The maximum Gasteiger partial charge on any atom is 0.251 e. The third-order valence-electron chi connectivity index (χ3n) is 2.47. The third kappa shape index (κ3) is 2.21. The Morgan fingerprint density at radius 3 is 2.32 bits per heavy atom. The van der Waals surface area contributed by atoms with Crippen LogP contribution in [0.5, 0.6) is 23.1 Å². The zero-order valence-electron chi connectivity index (χ0n) is 9.41. The monoisotopic (exact) mass is 263 g/mol. The molecule has 0 bridgehead atoms. The van der Waals surface area contributed by atoms with Gasteiger partial charge >= 0.3 is 0 Å². The molecule has 0 saturated carbocycles. The van der Waals surface area contributed by atoms with Crippen LogP contribution in [0.2, 0.25) is 0 Å². The van der Waals surface area contributed by atoms with Gasteiger partial charge in [0.25, 0.3) is 5.56 Å². The lowest BCUT2D eigenvalue weighted by atomic mass is 10.0. The molecule has 0 spiro atoms. The molecule has 0 aliphatic carbocycles. The van der Waals surface area contributed by atoms with Crippen LogP contribution in [0.15, 0.2) is 29.1 Å². The molecular weight excluding hydrogens is 254 g/mol. The number of ketones is 1. The number of pyridine rings is 1. The van der Waals surface area contributed by atoms with Gasteiger partial charge in [0, 0.05) is 17.7 Å². The van der Waals surface area contributed by atoms with Gasteiger partial charge in [-0.1, -0.05) is 0 Å². The van der Waals surface area contributed by atoms with Crippen LogP contribution in [0, 0.1) is 0 Å². The van der Waals surface area contributed by atoms with Crippen LogP contribution < -0.4 is 5.56 Å². The van der Waals surface area contributed by atoms with E-state index in [1.807, 2.05) is 4.98 Å². The molecule has 1 aromatic carbocycles. The Labute approximate surface area is 106 Å². The molecule has 0 aliphatic rings. The van der Waals surface area contributed by atoms with Gasteiger partial charge in [-0.25, -0.2) is 0 Å². The summed E-state index contributed by atoms with van der Waals surface area (Å²) in [4.78, 5) is 25.2. The van der Waals surface area contributed by atoms with E-state index in [4.69, 9.17) is 5.11 Å². The molecule has 2 rings (SSSR count). The number of hydrogen-bond donors (Lipinski definition) is 5. The molecular formula is C12H9NO6. The Kier molecular flexibility index (Phi) is 2.88. The van der Waals surface area contributed by atoms with Crippen molar-refractivity contribution in [2.45, 2.75) is 0 Å². The fourth-order valence-electron chi connectivity index (χ4n) is 1.57. The lowest BCUT2D eigenvalue weighted by molar-refractivity contribution is 0.103. The summed E-state index contributed by atoms with van der Waals surface area (Å²) in [6.07, 6.45) is 0. The van der Waals surface area contributed by atoms with Crippen molar-refractivity contribution in [3.8, 4) is 23.1 Å². The van der Waals surface area contributed by atoms with Gasteiger partial charge in [0.05, 0.1) is 5.56 Å². The largest absolute Gasteiger partial charge is 0.504 e. The Hall–Kier alpha value is -2.96. The summed E-state index contributed by atoms with van der Waals surface area (Å²) in [7, 11) is 0. The zero-order chi connectivity index (χ0) is 14.2. The van der Waals surface area contributed by atoms with E-state index >= 15 is 0 Å². The van der Waals surface area contributed by atoms with E-state index < -0.39 is 34.5 Å². The number of aromatic amines is 1. The standard InChI is InChI=1S/C12H9NO6/c14-7-2-1-6(11(18)12(7)19)10(17)5-3-8(15)13-9(16)4-5/h1-4,14,18-19H,(H2,13,15,16). The van der Waals surface area contributed by atoms with E-state index in [2.05, 4.69) is 0 Å². The number of aromatic hydroxyl groups is 4. The van der Waals surface area contributed by atoms with Gasteiger partial charge in [0.15, 0.2) is 23.2 Å². The number of aromatic nitrogens is 1. The Bertz CT molecular complexity index is 719. The summed E-state index contributed by atoms with van der Waals surface area (Å²) < 4.78 is 0. The fraction of sp³-hybridized carbons (Fsp3) is 0. The van der Waals surface area contributed by atoms with Crippen LogP contribution in [0.1, 0.15) is 15.9 Å². The molecule has 7 nitrogen and oxygen atoms in total. The highest BCUT2D eigenvalue weighted by atomic mass is 16.3. The molecule has 0 aliphatic heterocycles. The van der Waals surface area contributed by atoms with E-state index in [0.717, 1.165) is 24.3 Å². The summed E-state index contributed by atoms with van der Waals surface area (Å²) in [5, 5.41) is 37.2. The van der Waals surface area contributed by atoms with Gasteiger partial charge in [0.1, 0.15) is 0 Å². The van der Waals surface area contributed by atoms with Crippen molar-refractivity contribution >= 4 is 5.78 Å². The second kappa shape index (κ2) is 4.37. The number of hydrogen-bond acceptors (Lipinski definition) is 6. The first kappa shape index (κ1) is 12.5. The smallest absolute Gasteiger partial charge is 0.251 e. The van der Waals surface area contributed by atoms with Crippen molar-refractivity contribution in [3.63, 3.8) is 0 Å². The van der Waals surface area contributed by atoms with Crippen LogP contribution in [-0.4, -0.2) is 31.2 Å². The van der Waals surface area contributed by atoms with Gasteiger partial charge < -0.3 is 20.4 Å². The minimum atomic E-state index is -0.833. The summed E-state index contributed by atoms with van der Waals surface area (Å²) in [6.45, 7) is 0. The highest BCUT2D eigenvalue weighted by molar-refractivity contribution is 6.11. The number of rotatable bonds is 2. The highest BCUT2D eigenvalue weighted by Gasteiger charge is 2.19. The number of phenolic OH excluding ortho intramolecular Hbond substituents is 3. The van der Waals surface area contributed by atoms with E-state index in [1.54, 1.807) is 0 Å². The highest BCUT2D eigenvalue weighted by Crippen LogP contribution is 2.37. The average molecular weight is 263 g/mol. The molecule has 0 saturated heterocycles. The summed E-state index contributed by atoms with van der Waals surface area (Å²) in [5.74, 6) is -3.50. The van der Waals surface area contributed by atoms with Crippen molar-refractivity contribution in [1.29, 1.82) is 0 Å². The molecule has 98 valence electrons. The second-order valence-corrected chi connectivity index (χ2v) is 3.78. The summed E-state index contributed by atoms with van der Waals surface area (Å²) >= 11 is 0. The quantitative estimate of drug-likeness (QED) is 0.394. The minimum Gasteiger partial charge on any atom is -0.504 e. The molecule has 7 heteroatoms. The van der Waals surface area contributed by atoms with Crippen molar-refractivity contribution in [1.82, 2.24) is 4.98 Å².